The van der Waals surface area contributed by atoms with Crippen molar-refractivity contribution in [3.8, 4) is 0 Å². The van der Waals surface area contributed by atoms with Crippen molar-refractivity contribution in [3.05, 3.63) is 70.7 Å². The van der Waals surface area contributed by atoms with Gasteiger partial charge in [0.2, 0.25) is 0 Å². The summed E-state index contributed by atoms with van der Waals surface area (Å²) < 4.78 is 5.55. The molecule has 24 heavy (non-hydrogen) atoms. The number of benzene rings is 2. The second-order valence-corrected chi connectivity index (χ2v) is 6.24. The van der Waals surface area contributed by atoms with E-state index < -0.39 is 6.10 Å². The number of nitrogens with one attached hydrogen (secondary N) is 2. The zero-order chi connectivity index (χ0) is 16.8. The maximum atomic E-state index is 12.5. The van der Waals surface area contributed by atoms with Crippen LogP contribution in [0.2, 0.25) is 5.02 Å². The highest BCUT2D eigenvalue weighted by Gasteiger charge is 2.25. The maximum Gasteiger partial charge on any atom is 0.250 e. The van der Waals surface area contributed by atoms with Crippen molar-refractivity contribution in [3.63, 3.8) is 0 Å². The Kier molecular flexibility index (Phi) is 5.86. The summed E-state index contributed by atoms with van der Waals surface area (Å²) in [5.74, 6) is -0.0943. The van der Waals surface area contributed by atoms with Crippen LogP contribution in [0.5, 0.6) is 0 Å². The molecule has 2 unspecified atom stereocenters. The highest BCUT2D eigenvalue weighted by atomic mass is 35.5. The Morgan fingerprint density at radius 1 is 1.21 bits per heavy atom. The van der Waals surface area contributed by atoms with Crippen molar-refractivity contribution < 1.29 is 9.53 Å². The molecule has 4 nitrogen and oxygen atoms in total. The molecule has 1 aliphatic rings. The average molecular weight is 345 g/mol. The Morgan fingerprint density at radius 3 is 2.67 bits per heavy atom. The van der Waals surface area contributed by atoms with Crippen LogP contribution in [-0.2, 0) is 16.0 Å². The van der Waals surface area contributed by atoms with Gasteiger partial charge in [0.05, 0.1) is 12.6 Å². The molecule has 2 N–H and O–H groups in total. The minimum Gasteiger partial charge on any atom is -0.366 e. The molecule has 0 spiro atoms. The van der Waals surface area contributed by atoms with Crippen molar-refractivity contribution in [1.82, 2.24) is 10.6 Å². The molecule has 0 aliphatic carbocycles. The minimum atomic E-state index is -0.448. The molecule has 5 heteroatoms. The number of morpholine rings is 1. The van der Waals surface area contributed by atoms with Gasteiger partial charge < -0.3 is 15.4 Å². The highest BCUT2D eigenvalue weighted by Crippen LogP contribution is 2.23. The van der Waals surface area contributed by atoms with Gasteiger partial charge in [-0.2, -0.15) is 0 Å². The SMILES string of the molecule is O=C(NC(Cc1ccccc1Cl)c1ccccc1)C1CNCCO1. The summed E-state index contributed by atoms with van der Waals surface area (Å²) in [6.07, 6.45) is 0.187. The third kappa shape index (κ3) is 4.35. The third-order valence-corrected chi connectivity index (χ3v) is 4.49. The summed E-state index contributed by atoms with van der Waals surface area (Å²) in [4.78, 5) is 12.5. The molecule has 0 aromatic heterocycles. The number of halogens is 1. The van der Waals surface area contributed by atoms with E-state index in [9.17, 15) is 4.79 Å². The summed E-state index contributed by atoms with van der Waals surface area (Å²) in [7, 11) is 0. The van der Waals surface area contributed by atoms with Gasteiger partial charge in [-0.25, -0.2) is 0 Å². The van der Waals surface area contributed by atoms with Gasteiger partial charge in [-0.1, -0.05) is 60.1 Å². The molecule has 2 atom stereocenters. The van der Waals surface area contributed by atoms with Crippen LogP contribution >= 0.6 is 11.6 Å². The first-order valence-electron chi connectivity index (χ1n) is 8.15. The number of carbonyl (C=O) groups excluding carboxylic acids is 1. The fourth-order valence-corrected chi connectivity index (χ4v) is 3.03. The number of ether oxygens (including phenoxy) is 1. The molecule has 2 aromatic carbocycles. The van der Waals surface area contributed by atoms with Gasteiger partial charge in [0, 0.05) is 18.1 Å². The number of rotatable bonds is 5. The van der Waals surface area contributed by atoms with Crippen LogP contribution in [-0.4, -0.2) is 31.7 Å². The second-order valence-electron chi connectivity index (χ2n) is 5.83. The molecule has 1 fully saturated rings. The molecule has 0 radical (unpaired) electrons. The van der Waals surface area contributed by atoms with E-state index in [0.29, 0.717) is 24.6 Å². The van der Waals surface area contributed by atoms with Gasteiger partial charge in [-0.15, -0.1) is 0 Å². The summed E-state index contributed by atoms with van der Waals surface area (Å²) >= 11 is 6.29. The third-order valence-electron chi connectivity index (χ3n) is 4.12. The van der Waals surface area contributed by atoms with Gasteiger partial charge in [0.25, 0.3) is 5.91 Å². The van der Waals surface area contributed by atoms with Crippen LogP contribution in [0, 0.1) is 0 Å². The van der Waals surface area contributed by atoms with E-state index in [1.165, 1.54) is 0 Å². The lowest BCUT2D eigenvalue weighted by atomic mass is 9.98. The molecule has 1 saturated heterocycles. The highest BCUT2D eigenvalue weighted by molar-refractivity contribution is 6.31. The second kappa shape index (κ2) is 8.29. The fraction of sp³-hybridized carbons (Fsp3) is 0.316. The van der Waals surface area contributed by atoms with E-state index in [1.807, 2.05) is 54.6 Å². The van der Waals surface area contributed by atoms with E-state index in [0.717, 1.165) is 17.7 Å². The van der Waals surface area contributed by atoms with Gasteiger partial charge in [0.1, 0.15) is 6.10 Å². The Hall–Kier alpha value is -1.88. The summed E-state index contributed by atoms with van der Waals surface area (Å²) in [6, 6.07) is 17.5. The topological polar surface area (TPSA) is 50.4 Å². The standard InChI is InChI=1S/C19H21ClN2O2/c20-16-9-5-4-8-15(16)12-17(14-6-2-1-3-7-14)22-19(23)18-13-21-10-11-24-18/h1-9,17-18,21H,10-13H2,(H,22,23). The largest absolute Gasteiger partial charge is 0.366 e. The molecule has 2 aromatic rings. The van der Waals surface area contributed by atoms with Crippen LogP contribution in [0.3, 0.4) is 0 Å². The maximum absolute atomic E-state index is 12.5. The predicted octanol–water partition coefficient (Wildman–Crippen LogP) is 2.73. The summed E-state index contributed by atoms with van der Waals surface area (Å²) in [5, 5.41) is 7.01. The predicted molar refractivity (Wildman–Crippen MR) is 95.1 cm³/mol. The molecule has 1 aliphatic heterocycles. The Labute approximate surface area is 147 Å². The first-order chi connectivity index (χ1) is 11.7. The van der Waals surface area contributed by atoms with Gasteiger partial charge in [-0.05, 0) is 23.6 Å². The lowest BCUT2D eigenvalue weighted by Crippen LogP contribution is -2.48. The lowest BCUT2D eigenvalue weighted by Gasteiger charge is -2.26. The van der Waals surface area contributed by atoms with Crippen molar-refractivity contribution >= 4 is 17.5 Å². The quantitative estimate of drug-likeness (QED) is 0.877. The van der Waals surface area contributed by atoms with E-state index >= 15 is 0 Å². The van der Waals surface area contributed by atoms with Gasteiger partial charge >= 0.3 is 0 Å². The molecular weight excluding hydrogens is 324 g/mol. The van der Waals surface area contributed by atoms with Crippen molar-refractivity contribution in [2.75, 3.05) is 19.7 Å². The smallest absolute Gasteiger partial charge is 0.250 e. The number of hydrogen-bond acceptors (Lipinski definition) is 3. The lowest BCUT2D eigenvalue weighted by molar-refractivity contribution is -0.135. The van der Waals surface area contributed by atoms with E-state index in [2.05, 4.69) is 10.6 Å². The zero-order valence-electron chi connectivity index (χ0n) is 13.4. The van der Waals surface area contributed by atoms with Crippen LogP contribution in [0.25, 0.3) is 0 Å². The van der Waals surface area contributed by atoms with E-state index in [4.69, 9.17) is 16.3 Å². The average Bonchev–Trinajstić information content (AvgIpc) is 2.64. The summed E-state index contributed by atoms with van der Waals surface area (Å²) in [6.45, 7) is 1.88. The minimum absolute atomic E-state index is 0.0943. The van der Waals surface area contributed by atoms with Crippen molar-refractivity contribution in [1.29, 1.82) is 0 Å². The molecule has 1 amide bonds. The van der Waals surface area contributed by atoms with Crippen LogP contribution in [0.1, 0.15) is 17.2 Å². The fourth-order valence-electron chi connectivity index (χ4n) is 2.82. The zero-order valence-corrected chi connectivity index (χ0v) is 14.1. The van der Waals surface area contributed by atoms with Crippen LogP contribution in [0.4, 0.5) is 0 Å². The first-order valence-corrected chi connectivity index (χ1v) is 8.53. The molecule has 0 bridgehead atoms. The molecule has 0 saturated carbocycles. The molecule has 3 rings (SSSR count). The number of hydrogen-bond donors (Lipinski definition) is 2. The van der Waals surface area contributed by atoms with Crippen molar-refractivity contribution in [2.45, 2.75) is 18.6 Å². The molecular formula is C19H21ClN2O2. The first kappa shape index (κ1) is 17.0. The van der Waals surface area contributed by atoms with E-state index in [-0.39, 0.29) is 11.9 Å². The van der Waals surface area contributed by atoms with Gasteiger partial charge in [0.15, 0.2) is 0 Å². The summed E-state index contributed by atoms with van der Waals surface area (Å²) in [5.41, 5.74) is 2.06. The normalized spacial score (nSPS) is 18.8. The Bertz CT molecular complexity index is 672. The number of carbonyl (C=O) groups is 1. The van der Waals surface area contributed by atoms with Crippen LogP contribution < -0.4 is 10.6 Å². The van der Waals surface area contributed by atoms with Crippen molar-refractivity contribution in [2.24, 2.45) is 0 Å². The monoisotopic (exact) mass is 344 g/mol. The van der Waals surface area contributed by atoms with Crippen LogP contribution in [0.15, 0.2) is 54.6 Å². The Balaban J connectivity index is 1.77. The van der Waals surface area contributed by atoms with Gasteiger partial charge in [-0.3, -0.25) is 4.79 Å². The molecule has 1 heterocycles. The Morgan fingerprint density at radius 2 is 1.96 bits per heavy atom. The molecule has 126 valence electrons. The van der Waals surface area contributed by atoms with E-state index in [1.54, 1.807) is 0 Å². The number of amides is 1.